The van der Waals surface area contributed by atoms with Crippen LogP contribution in [0.5, 0.6) is 0 Å². The molecule has 1 aliphatic heterocycles. The molecule has 2 heterocycles. The van der Waals surface area contributed by atoms with E-state index in [4.69, 9.17) is 0 Å². The number of amides is 2. The molecule has 154 valence electrons. The quantitative estimate of drug-likeness (QED) is 0.468. The number of benzene rings is 2. The minimum absolute atomic E-state index is 0.151. The molecule has 1 fully saturated rings. The number of anilines is 1. The molecule has 2 aromatic carbocycles. The molecule has 0 radical (unpaired) electrons. The van der Waals surface area contributed by atoms with E-state index in [0.29, 0.717) is 12.6 Å². The topological polar surface area (TPSA) is 73.1 Å². The largest absolute Gasteiger partial charge is 0.336 e. The number of aromatic nitrogens is 2. The second kappa shape index (κ2) is 7.95. The van der Waals surface area contributed by atoms with Gasteiger partial charge in [0.15, 0.2) is 0 Å². The van der Waals surface area contributed by atoms with Gasteiger partial charge in [-0.2, -0.15) is 5.10 Å². The summed E-state index contributed by atoms with van der Waals surface area (Å²) in [6, 6.07) is 16.7. The van der Waals surface area contributed by atoms with Crippen LogP contribution in [0.2, 0.25) is 0 Å². The first-order chi connectivity index (χ1) is 14.7. The summed E-state index contributed by atoms with van der Waals surface area (Å²) in [5, 5.41) is 13.7. The molecule has 6 nitrogen and oxygen atoms in total. The van der Waals surface area contributed by atoms with Gasteiger partial charge in [-0.15, -0.1) is 0 Å². The first-order valence-corrected chi connectivity index (χ1v) is 10.8. The minimum Gasteiger partial charge on any atom is -0.336 e. The molecule has 1 atom stereocenters. The lowest BCUT2D eigenvalue weighted by Gasteiger charge is -2.22. The van der Waals surface area contributed by atoms with E-state index in [1.807, 2.05) is 24.3 Å². The van der Waals surface area contributed by atoms with E-state index in [9.17, 15) is 4.79 Å². The molecule has 30 heavy (non-hydrogen) atoms. The summed E-state index contributed by atoms with van der Waals surface area (Å²) in [6.45, 7) is 5.04. The van der Waals surface area contributed by atoms with Crippen LogP contribution < -0.4 is 10.6 Å². The molecule has 3 aromatic rings. The summed E-state index contributed by atoms with van der Waals surface area (Å²) >= 11 is 0. The number of carbonyl (C=O) groups is 1. The van der Waals surface area contributed by atoms with Gasteiger partial charge in [-0.05, 0) is 43.6 Å². The van der Waals surface area contributed by atoms with Crippen LogP contribution in [0.15, 0.2) is 48.5 Å². The van der Waals surface area contributed by atoms with Gasteiger partial charge in [-0.3, -0.25) is 10.00 Å². The molecule has 2 aliphatic rings. The normalized spacial score (nSPS) is 17.6. The Kier molecular flexibility index (Phi) is 5.01. The Morgan fingerprint density at radius 3 is 2.87 bits per heavy atom. The highest BCUT2D eigenvalue weighted by Crippen LogP contribution is 2.39. The molecule has 5 rings (SSSR count). The van der Waals surface area contributed by atoms with E-state index in [1.54, 1.807) is 0 Å². The Morgan fingerprint density at radius 1 is 1.20 bits per heavy atom. The summed E-state index contributed by atoms with van der Waals surface area (Å²) in [6.07, 6.45) is 3.27. The maximum absolute atomic E-state index is 12.3. The highest BCUT2D eigenvalue weighted by Gasteiger charge is 2.25. The average Bonchev–Trinajstić information content (AvgIpc) is 3.47. The maximum atomic E-state index is 12.3. The van der Waals surface area contributed by atoms with Gasteiger partial charge >= 0.3 is 6.03 Å². The number of hydrogen-bond acceptors (Lipinski definition) is 3. The van der Waals surface area contributed by atoms with Crippen molar-refractivity contribution in [2.45, 2.75) is 32.2 Å². The molecule has 6 heteroatoms. The molecule has 0 bridgehead atoms. The lowest BCUT2D eigenvalue weighted by molar-refractivity contribution is 0.238. The van der Waals surface area contributed by atoms with E-state index < -0.39 is 0 Å². The highest BCUT2D eigenvalue weighted by atomic mass is 16.2. The van der Waals surface area contributed by atoms with Gasteiger partial charge in [-0.1, -0.05) is 43.3 Å². The Labute approximate surface area is 176 Å². The lowest BCUT2D eigenvalue weighted by atomic mass is 10.1. The number of likely N-dealkylation sites (tertiary alicyclic amines) is 1. The van der Waals surface area contributed by atoms with Gasteiger partial charge in [0.2, 0.25) is 0 Å². The molecular weight excluding hydrogens is 374 g/mol. The fourth-order valence-electron chi connectivity index (χ4n) is 4.75. The standard InChI is InChI=1S/C24H27N5O/c1-2-29-13-5-7-19(29)15-25-24(30)26-18-11-9-16(10-12-18)22-21-14-17-6-3-4-8-20(17)23(21)28-27-22/h3-4,6,8-12,19H,2,5,7,13-15H2,1H3,(H,27,28)(H2,25,26,30). The zero-order chi connectivity index (χ0) is 20.5. The summed E-state index contributed by atoms with van der Waals surface area (Å²) < 4.78 is 0. The van der Waals surface area contributed by atoms with Crippen LogP contribution in [0, 0.1) is 0 Å². The molecule has 0 saturated carbocycles. The predicted octanol–water partition coefficient (Wildman–Crippen LogP) is 4.25. The first kappa shape index (κ1) is 18.9. The van der Waals surface area contributed by atoms with E-state index in [2.05, 4.69) is 56.9 Å². The van der Waals surface area contributed by atoms with Crippen molar-refractivity contribution in [2.75, 3.05) is 25.0 Å². The first-order valence-electron chi connectivity index (χ1n) is 10.8. The number of rotatable bonds is 5. The third-order valence-corrected chi connectivity index (χ3v) is 6.34. The summed E-state index contributed by atoms with van der Waals surface area (Å²) in [5.74, 6) is 0. The van der Waals surface area contributed by atoms with Gasteiger partial charge in [0, 0.05) is 41.4 Å². The Morgan fingerprint density at radius 2 is 2.03 bits per heavy atom. The highest BCUT2D eigenvalue weighted by molar-refractivity contribution is 5.89. The maximum Gasteiger partial charge on any atom is 0.319 e. The van der Waals surface area contributed by atoms with Crippen LogP contribution in [0.1, 0.15) is 30.9 Å². The van der Waals surface area contributed by atoms with Crippen molar-refractivity contribution < 1.29 is 4.79 Å². The van der Waals surface area contributed by atoms with Crippen LogP contribution in [0.25, 0.3) is 22.5 Å². The number of nitrogens with zero attached hydrogens (tertiary/aromatic N) is 2. The van der Waals surface area contributed by atoms with Crippen molar-refractivity contribution in [2.24, 2.45) is 0 Å². The van der Waals surface area contributed by atoms with Gasteiger partial charge in [0.25, 0.3) is 0 Å². The van der Waals surface area contributed by atoms with E-state index in [1.165, 1.54) is 23.1 Å². The fraction of sp³-hybridized carbons (Fsp3) is 0.333. The van der Waals surface area contributed by atoms with Gasteiger partial charge < -0.3 is 10.6 Å². The molecule has 1 saturated heterocycles. The average molecular weight is 402 g/mol. The van der Waals surface area contributed by atoms with Gasteiger partial charge in [0.05, 0.1) is 11.4 Å². The number of aromatic amines is 1. The van der Waals surface area contributed by atoms with Crippen LogP contribution in [-0.2, 0) is 6.42 Å². The number of urea groups is 1. The smallest absolute Gasteiger partial charge is 0.319 e. The molecule has 3 N–H and O–H groups in total. The number of likely N-dealkylation sites (N-methyl/N-ethyl adjacent to an activating group) is 1. The van der Waals surface area contributed by atoms with Crippen LogP contribution in [-0.4, -0.2) is 46.8 Å². The minimum atomic E-state index is -0.151. The number of carbonyl (C=O) groups excluding carboxylic acids is 1. The lowest BCUT2D eigenvalue weighted by Crippen LogP contribution is -2.41. The zero-order valence-electron chi connectivity index (χ0n) is 17.2. The SMILES string of the molecule is CCN1CCCC1CNC(=O)Nc1ccc(-c2n[nH]c3c2Cc2ccccc2-3)cc1. The van der Waals surface area contributed by atoms with Crippen LogP contribution in [0.3, 0.4) is 0 Å². The van der Waals surface area contributed by atoms with E-state index in [0.717, 1.165) is 48.6 Å². The fourth-order valence-corrected chi connectivity index (χ4v) is 4.75. The summed E-state index contributed by atoms with van der Waals surface area (Å²) in [5.41, 5.74) is 7.76. The van der Waals surface area contributed by atoms with Crippen molar-refractivity contribution >= 4 is 11.7 Å². The van der Waals surface area contributed by atoms with E-state index in [-0.39, 0.29) is 6.03 Å². The summed E-state index contributed by atoms with van der Waals surface area (Å²) in [7, 11) is 0. The number of fused-ring (bicyclic) bond motifs is 3. The second-order valence-corrected chi connectivity index (χ2v) is 8.10. The molecule has 0 spiro atoms. The van der Waals surface area contributed by atoms with Crippen molar-refractivity contribution in [3.63, 3.8) is 0 Å². The Hall–Kier alpha value is -3.12. The molecular formula is C24H27N5O. The van der Waals surface area contributed by atoms with Crippen molar-refractivity contribution in [3.8, 4) is 22.5 Å². The molecule has 2 amide bonds. The molecule has 1 aliphatic carbocycles. The van der Waals surface area contributed by atoms with Gasteiger partial charge in [0.1, 0.15) is 0 Å². The van der Waals surface area contributed by atoms with Crippen LogP contribution in [0.4, 0.5) is 10.5 Å². The monoisotopic (exact) mass is 401 g/mol. The molecule has 1 aromatic heterocycles. The van der Waals surface area contributed by atoms with Crippen molar-refractivity contribution in [3.05, 3.63) is 59.7 Å². The van der Waals surface area contributed by atoms with Crippen LogP contribution >= 0.6 is 0 Å². The third kappa shape index (κ3) is 3.48. The van der Waals surface area contributed by atoms with Crippen molar-refractivity contribution in [1.29, 1.82) is 0 Å². The number of H-pyrrole nitrogens is 1. The Bertz CT molecular complexity index is 1060. The van der Waals surface area contributed by atoms with Crippen molar-refractivity contribution in [1.82, 2.24) is 20.4 Å². The van der Waals surface area contributed by atoms with E-state index >= 15 is 0 Å². The van der Waals surface area contributed by atoms with Gasteiger partial charge in [-0.25, -0.2) is 4.79 Å². The summed E-state index contributed by atoms with van der Waals surface area (Å²) in [4.78, 5) is 14.7. The predicted molar refractivity (Wildman–Crippen MR) is 120 cm³/mol. The number of hydrogen-bond donors (Lipinski definition) is 3. The third-order valence-electron chi connectivity index (χ3n) is 6.34. The number of nitrogens with one attached hydrogen (secondary N) is 3. The second-order valence-electron chi connectivity index (χ2n) is 8.10. The Balaban J connectivity index is 1.23. The zero-order valence-corrected chi connectivity index (χ0v) is 17.2. The molecule has 1 unspecified atom stereocenters.